The highest BCUT2D eigenvalue weighted by Crippen LogP contribution is 2.10. The third kappa shape index (κ3) is 10.4. The van der Waals surface area contributed by atoms with E-state index in [0.29, 0.717) is 5.25 Å². The first kappa shape index (κ1) is 11.4. The molecule has 0 heterocycles. The Balaban J connectivity index is 2.80. The Morgan fingerprint density at radius 3 is 2.09 bits per heavy atom. The lowest BCUT2D eigenvalue weighted by molar-refractivity contribution is 0.589. The van der Waals surface area contributed by atoms with Crippen LogP contribution < -0.4 is 0 Å². The van der Waals surface area contributed by atoms with Crippen LogP contribution in [-0.2, 0) is 0 Å². The van der Waals surface area contributed by atoms with Gasteiger partial charge in [-0.05, 0) is 11.7 Å². The minimum absolute atomic E-state index is 0.598. The highest BCUT2D eigenvalue weighted by Gasteiger charge is 1.94. The van der Waals surface area contributed by atoms with Gasteiger partial charge in [0.1, 0.15) is 0 Å². The molecule has 0 radical (unpaired) electrons. The van der Waals surface area contributed by atoms with Crippen LogP contribution in [0.3, 0.4) is 0 Å². The van der Waals surface area contributed by atoms with Crippen LogP contribution in [0, 0.1) is 0 Å². The van der Waals surface area contributed by atoms with Crippen LogP contribution in [0.15, 0.2) is 0 Å². The molecule has 0 aromatic heterocycles. The van der Waals surface area contributed by atoms with Crippen LogP contribution in [-0.4, -0.2) is 5.25 Å². The third-order valence-electron chi connectivity index (χ3n) is 1.98. The summed E-state index contributed by atoms with van der Waals surface area (Å²) in [4.78, 5) is 0. The van der Waals surface area contributed by atoms with Crippen LogP contribution >= 0.6 is 12.6 Å². The molecule has 0 N–H and O–H groups in total. The van der Waals surface area contributed by atoms with E-state index in [4.69, 9.17) is 0 Å². The lowest BCUT2D eigenvalue weighted by Crippen LogP contribution is -1.89. The van der Waals surface area contributed by atoms with Gasteiger partial charge >= 0.3 is 0 Å². The number of unbranched alkanes of at least 4 members (excludes halogenated alkanes) is 5. The Hall–Kier alpha value is 0.350. The van der Waals surface area contributed by atoms with Crippen molar-refractivity contribution in [3.05, 3.63) is 0 Å². The van der Waals surface area contributed by atoms with Crippen molar-refractivity contribution in [3.63, 3.8) is 0 Å². The molecule has 0 saturated heterocycles. The van der Waals surface area contributed by atoms with Crippen LogP contribution in [0.1, 0.15) is 58.8 Å². The fourth-order valence-corrected chi connectivity index (χ4v) is 1.40. The van der Waals surface area contributed by atoms with Gasteiger partial charge in [0, 0.05) is 0 Å². The van der Waals surface area contributed by atoms with Gasteiger partial charge in [-0.3, -0.25) is 0 Å². The van der Waals surface area contributed by atoms with E-state index >= 15 is 0 Å². The monoisotopic (exact) mass is 174 g/mol. The summed E-state index contributed by atoms with van der Waals surface area (Å²) in [5.74, 6) is 0. The summed E-state index contributed by atoms with van der Waals surface area (Å²) in [6.07, 6.45) is 9.68. The van der Waals surface area contributed by atoms with E-state index in [1.54, 1.807) is 0 Å². The molecule has 0 rings (SSSR count). The quantitative estimate of drug-likeness (QED) is 0.437. The number of hydrogen-bond acceptors (Lipinski definition) is 1. The normalized spacial score (nSPS) is 13.4. The van der Waals surface area contributed by atoms with Gasteiger partial charge in [-0.25, -0.2) is 0 Å². The molecule has 0 nitrogen and oxygen atoms in total. The van der Waals surface area contributed by atoms with Gasteiger partial charge in [0.05, 0.1) is 0 Å². The first-order valence-corrected chi connectivity index (χ1v) is 5.47. The lowest BCUT2D eigenvalue weighted by atomic mass is 10.1. The highest BCUT2D eigenvalue weighted by molar-refractivity contribution is 7.80. The zero-order valence-corrected chi connectivity index (χ0v) is 8.87. The molecule has 68 valence electrons. The molecule has 0 aliphatic heterocycles. The SMILES string of the molecule is CCCCCCCCC(C)S. The molecule has 0 fully saturated rings. The molecule has 0 bridgehead atoms. The fraction of sp³-hybridized carbons (Fsp3) is 1.00. The Morgan fingerprint density at radius 2 is 1.55 bits per heavy atom. The van der Waals surface area contributed by atoms with Crippen LogP contribution in [0.2, 0.25) is 0 Å². The molecule has 0 aromatic rings. The zero-order chi connectivity index (χ0) is 8.53. The van der Waals surface area contributed by atoms with Gasteiger partial charge in [-0.15, -0.1) is 0 Å². The van der Waals surface area contributed by atoms with E-state index in [2.05, 4.69) is 26.5 Å². The molecule has 0 aliphatic rings. The minimum atomic E-state index is 0.598. The average molecular weight is 174 g/mol. The summed E-state index contributed by atoms with van der Waals surface area (Å²) < 4.78 is 0. The molecule has 0 spiro atoms. The summed E-state index contributed by atoms with van der Waals surface area (Å²) in [5, 5.41) is 0.598. The standard InChI is InChI=1S/C10H22S/c1-3-4-5-6-7-8-9-10(2)11/h10-11H,3-9H2,1-2H3. The van der Waals surface area contributed by atoms with Crippen molar-refractivity contribution in [2.75, 3.05) is 0 Å². The minimum Gasteiger partial charge on any atom is -0.176 e. The summed E-state index contributed by atoms with van der Waals surface area (Å²) in [6.45, 7) is 4.44. The van der Waals surface area contributed by atoms with E-state index < -0.39 is 0 Å². The fourth-order valence-electron chi connectivity index (χ4n) is 1.22. The first-order chi connectivity index (χ1) is 5.27. The average Bonchev–Trinajstić information content (AvgIpc) is 1.96. The topological polar surface area (TPSA) is 0 Å². The molecule has 0 aromatic carbocycles. The van der Waals surface area contributed by atoms with Gasteiger partial charge in [0.2, 0.25) is 0 Å². The van der Waals surface area contributed by atoms with Crippen molar-refractivity contribution in [1.29, 1.82) is 0 Å². The lowest BCUT2D eigenvalue weighted by Gasteiger charge is -2.02. The number of rotatable bonds is 7. The molecule has 0 aliphatic carbocycles. The van der Waals surface area contributed by atoms with Crippen molar-refractivity contribution in [2.24, 2.45) is 0 Å². The summed E-state index contributed by atoms with van der Waals surface area (Å²) in [5.41, 5.74) is 0. The van der Waals surface area contributed by atoms with E-state index in [-0.39, 0.29) is 0 Å². The summed E-state index contributed by atoms with van der Waals surface area (Å²) in [7, 11) is 0. The van der Waals surface area contributed by atoms with Gasteiger partial charge in [-0.2, -0.15) is 12.6 Å². The van der Waals surface area contributed by atoms with E-state index in [1.807, 2.05) is 0 Å². The molecule has 11 heavy (non-hydrogen) atoms. The predicted molar refractivity (Wildman–Crippen MR) is 56.4 cm³/mol. The van der Waals surface area contributed by atoms with Crippen molar-refractivity contribution < 1.29 is 0 Å². The number of thiol groups is 1. The van der Waals surface area contributed by atoms with E-state index in [9.17, 15) is 0 Å². The van der Waals surface area contributed by atoms with Gasteiger partial charge in [-0.1, -0.05) is 52.4 Å². The summed E-state index contributed by atoms with van der Waals surface area (Å²) >= 11 is 4.34. The molecule has 1 atom stereocenters. The molecular weight excluding hydrogens is 152 g/mol. The van der Waals surface area contributed by atoms with Crippen molar-refractivity contribution >= 4 is 12.6 Å². The maximum Gasteiger partial charge on any atom is -0.00116 e. The van der Waals surface area contributed by atoms with Gasteiger partial charge in [0.15, 0.2) is 0 Å². The van der Waals surface area contributed by atoms with E-state index in [1.165, 1.54) is 44.9 Å². The molecule has 0 amide bonds. The second kappa shape index (κ2) is 8.45. The molecule has 0 saturated carbocycles. The Morgan fingerprint density at radius 1 is 1.00 bits per heavy atom. The van der Waals surface area contributed by atoms with Gasteiger partial charge in [0.25, 0.3) is 0 Å². The molecule has 1 unspecified atom stereocenters. The Bertz CT molecular complexity index is 69.3. The highest BCUT2D eigenvalue weighted by atomic mass is 32.1. The maximum absolute atomic E-state index is 4.34. The van der Waals surface area contributed by atoms with Gasteiger partial charge < -0.3 is 0 Å². The maximum atomic E-state index is 4.34. The third-order valence-corrected chi connectivity index (χ3v) is 2.23. The van der Waals surface area contributed by atoms with E-state index in [0.717, 1.165) is 0 Å². The smallest absolute Gasteiger partial charge is 0.00116 e. The van der Waals surface area contributed by atoms with Crippen LogP contribution in [0.25, 0.3) is 0 Å². The van der Waals surface area contributed by atoms with Crippen molar-refractivity contribution in [2.45, 2.75) is 64.0 Å². The van der Waals surface area contributed by atoms with Crippen molar-refractivity contribution in [3.8, 4) is 0 Å². The van der Waals surface area contributed by atoms with Crippen LogP contribution in [0.4, 0.5) is 0 Å². The second-order valence-electron chi connectivity index (χ2n) is 3.41. The molecular formula is C10H22S. The predicted octanol–water partition coefficient (Wildman–Crippen LogP) is 4.06. The second-order valence-corrected chi connectivity index (χ2v) is 4.29. The van der Waals surface area contributed by atoms with Crippen molar-refractivity contribution in [1.82, 2.24) is 0 Å². The first-order valence-electron chi connectivity index (χ1n) is 4.95. The van der Waals surface area contributed by atoms with Crippen LogP contribution in [0.5, 0.6) is 0 Å². The Kier molecular flexibility index (Phi) is 8.72. The number of hydrogen-bond donors (Lipinski definition) is 1. The molecule has 1 heteroatoms. The summed E-state index contributed by atoms with van der Waals surface area (Å²) in [6, 6.07) is 0. The zero-order valence-electron chi connectivity index (χ0n) is 7.97. The Labute approximate surface area is 77.2 Å². The largest absolute Gasteiger partial charge is 0.176 e.